The Morgan fingerprint density at radius 2 is 0.351 bits per heavy atom. The number of aromatic carboxylic acids is 3. The van der Waals surface area contributed by atoms with Crippen molar-refractivity contribution in [2.45, 2.75) is 118 Å². The highest BCUT2D eigenvalue weighted by molar-refractivity contribution is 6.04. The SMILES string of the molecule is CC(=O)c1cc(C)cc(C(=O)O)c1.CC(=O)c1cc(C)cc(C(=O)O)c1.CC(=O)c1cc(C)cc(C(=O)O)c1.CC(=O)c1cc(C)cc(C(C)=O)c1.CC(=O)c1cc(C)cc(C(C)=O)c1.CC(=O)c1cc(C)cc(C(C)=O)c1.CON(C)C(=O)c1cc(C)cc(C(C)=O)c1. The van der Waals surface area contributed by atoms with Crippen LogP contribution in [0.5, 0.6) is 0 Å². The van der Waals surface area contributed by atoms with Crippen LogP contribution in [0.3, 0.4) is 0 Å². The zero-order valence-corrected chi connectivity index (χ0v) is 56.5. The Morgan fingerprint density at radius 1 is 0.234 bits per heavy atom. The second kappa shape index (κ2) is 38.1. The molecule has 0 aliphatic carbocycles. The van der Waals surface area contributed by atoms with Gasteiger partial charge in [0.15, 0.2) is 57.8 Å². The van der Waals surface area contributed by atoms with Gasteiger partial charge in [0.1, 0.15) is 0 Å². The molecule has 19 nitrogen and oxygen atoms in total. The number of carboxylic acids is 3. The fraction of sp³-hybridized carbons (Fsp3) is 0.253. The summed E-state index contributed by atoms with van der Waals surface area (Å²) in [5.41, 5.74) is 12.4. The molecule has 0 aliphatic rings. The van der Waals surface area contributed by atoms with E-state index in [-0.39, 0.29) is 80.4 Å². The Labute approximate surface area is 547 Å². The van der Waals surface area contributed by atoms with Crippen LogP contribution in [0.1, 0.15) is 253 Å². The van der Waals surface area contributed by atoms with Crippen LogP contribution in [-0.4, -0.2) is 116 Å². The monoisotopic (exact) mass is 1280 g/mol. The van der Waals surface area contributed by atoms with Crippen LogP contribution in [0.4, 0.5) is 0 Å². The molecule has 0 radical (unpaired) electrons. The van der Waals surface area contributed by atoms with E-state index in [0.29, 0.717) is 61.2 Å². The van der Waals surface area contributed by atoms with Crippen LogP contribution in [0.2, 0.25) is 0 Å². The Kier molecular flexibility index (Phi) is 32.8. The lowest BCUT2D eigenvalue weighted by Crippen LogP contribution is -2.25. The molecular formula is C75H81NO18. The molecule has 494 valence electrons. The number of hydroxylamine groups is 2. The van der Waals surface area contributed by atoms with E-state index in [1.54, 1.807) is 112 Å². The molecule has 1 amide bonds. The van der Waals surface area contributed by atoms with Crippen LogP contribution < -0.4 is 0 Å². The van der Waals surface area contributed by atoms with E-state index in [2.05, 4.69) is 0 Å². The predicted molar refractivity (Wildman–Crippen MR) is 358 cm³/mol. The predicted octanol–water partition coefficient (Wildman–Crippen LogP) is 14.7. The van der Waals surface area contributed by atoms with Gasteiger partial charge in [-0.3, -0.25) is 57.6 Å². The zero-order chi connectivity index (χ0) is 72.3. The number of Topliss-reactive ketones (excluding diaryl/α,β-unsaturated/α-hetero) is 10. The first-order valence-electron chi connectivity index (χ1n) is 28.9. The third-order valence-electron chi connectivity index (χ3n) is 13.2. The van der Waals surface area contributed by atoms with E-state index in [1.165, 1.54) is 120 Å². The first-order valence-corrected chi connectivity index (χ1v) is 28.9. The van der Waals surface area contributed by atoms with Gasteiger partial charge < -0.3 is 15.3 Å². The van der Waals surface area contributed by atoms with Crippen molar-refractivity contribution in [2.24, 2.45) is 0 Å². The standard InChI is InChI=1S/C12H15NO3.3C11H12O2.3C10H10O3/c1-8-5-10(9(2)14)7-11(6-8)12(15)13(3)16-4;3*1-7-4-10(8(2)12)6-11(5-7)9(3)13;3*1-6-3-8(7(2)11)5-9(4-6)10(12)13/h5-7H,1-4H3;3*4-6H,1-3H3;3*3-5H,1-2H3,(H,12,13). The Balaban J connectivity index is 0.000000549. The van der Waals surface area contributed by atoms with Gasteiger partial charge in [0, 0.05) is 68.2 Å². The third-order valence-corrected chi connectivity index (χ3v) is 13.2. The quantitative estimate of drug-likeness (QED) is 0.0634. The molecule has 0 aliphatic heterocycles. The van der Waals surface area contributed by atoms with Gasteiger partial charge >= 0.3 is 17.9 Å². The molecule has 7 aromatic rings. The Hall–Kier alpha value is -10.9. The minimum absolute atomic E-state index is 0.00815. The van der Waals surface area contributed by atoms with Gasteiger partial charge in [-0.1, -0.05) is 0 Å². The average molecular weight is 1280 g/mol. The summed E-state index contributed by atoms with van der Waals surface area (Å²) in [6.07, 6.45) is 0. The van der Waals surface area contributed by atoms with Crippen molar-refractivity contribution < 1.29 is 87.3 Å². The molecule has 0 bridgehead atoms. The lowest BCUT2D eigenvalue weighted by atomic mass is 10.0. The van der Waals surface area contributed by atoms with Gasteiger partial charge in [0.25, 0.3) is 5.91 Å². The molecule has 3 N–H and O–H groups in total. The number of benzene rings is 7. The molecule has 0 fully saturated rings. The topological polar surface area (TPSA) is 312 Å². The molecular weight excluding hydrogens is 1200 g/mol. The Morgan fingerprint density at radius 3 is 0.479 bits per heavy atom. The normalized spacial score (nSPS) is 9.78. The summed E-state index contributed by atoms with van der Waals surface area (Å²) < 4.78 is 0. The van der Waals surface area contributed by atoms with Crippen LogP contribution in [0, 0.1) is 48.5 Å². The summed E-state index contributed by atoms with van der Waals surface area (Å²) in [6.45, 7) is 27.5. The Bertz CT molecular complexity index is 3320. The van der Waals surface area contributed by atoms with Crippen molar-refractivity contribution in [1.29, 1.82) is 0 Å². The van der Waals surface area contributed by atoms with Crippen LogP contribution >= 0.6 is 0 Å². The third kappa shape index (κ3) is 28.5. The van der Waals surface area contributed by atoms with E-state index in [4.69, 9.17) is 20.2 Å². The highest BCUT2D eigenvalue weighted by Crippen LogP contribution is 2.17. The van der Waals surface area contributed by atoms with E-state index in [9.17, 15) is 67.1 Å². The van der Waals surface area contributed by atoms with Gasteiger partial charge in [-0.25, -0.2) is 19.4 Å². The molecule has 19 heteroatoms. The van der Waals surface area contributed by atoms with Crippen molar-refractivity contribution in [1.82, 2.24) is 5.06 Å². The van der Waals surface area contributed by atoms with Gasteiger partial charge in [-0.05, 0) is 284 Å². The lowest BCUT2D eigenvalue weighted by molar-refractivity contribution is -0.0757. The fourth-order valence-electron chi connectivity index (χ4n) is 8.27. The van der Waals surface area contributed by atoms with E-state index in [1.807, 2.05) is 27.7 Å². The highest BCUT2D eigenvalue weighted by Gasteiger charge is 2.15. The van der Waals surface area contributed by atoms with Crippen molar-refractivity contribution in [3.05, 3.63) is 244 Å². The van der Waals surface area contributed by atoms with Crippen LogP contribution in [0.25, 0.3) is 0 Å². The summed E-state index contributed by atoms with van der Waals surface area (Å²) in [6, 6.07) is 34.5. The second-order valence-electron chi connectivity index (χ2n) is 22.1. The number of nitrogens with zero attached hydrogens (tertiary/aromatic N) is 1. The molecule has 94 heavy (non-hydrogen) atoms. The van der Waals surface area contributed by atoms with Crippen LogP contribution in [0.15, 0.2) is 127 Å². The van der Waals surface area contributed by atoms with Gasteiger partial charge in [0.2, 0.25) is 0 Å². The summed E-state index contributed by atoms with van der Waals surface area (Å²) in [5.74, 6) is -3.76. The van der Waals surface area contributed by atoms with Crippen molar-refractivity contribution >= 4 is 81.6 Å². The van der Waals surface area contributed by atoms with Crippen molar-refractivity contribution in [2.75, 3.05) is 14.2 Å². The molecule has 7 aromatic carbocycles. The first-order chi connectivity index (χ1) is 43.5. The lowest BCUT2D eigenvalue weighted by Gasteiger charge is -2.14. The number of carbonyl (C=O) groups is 14. The fourth-order valence-corrected chi connectivity index (χ4v) is 8.27. The smallest absolute Gasteiger partial charge is 0.335 e. The molecule has 0 saturated carbocycles. The zero-order valence-electron chi connectivity index (χ0n) is 56.5. The molecule has 0 spiro atoms. The summed E-state index contributed by atoms with van der Waals surface area (Å²) in [5, 5.41) is 27.2. The number of rotatable bonds is 15. The number of aryl methyl sites for hydroxylation is 7. The minimum atomic E-state index is -1.01. The van der Waals surface area contributed by atoms with Crippen LogP contribution in [-0.2, 0) is 4.84 Å². The molecule has 0 saturated heterocycles. The molecule has 0 heterocycles. The number of hydrogen-bond acceptors (Lipinski definition) is 15. The molecule has 0 aromatic heterocycles. The number of ketones is 10. The maximum Gasteiger partial charge on any atom is 0.335 e. The average Bonchev–Trinajstić information content (AvgIpc) is 1.35. The number of hydrogen-bond donors (Lipinski definition) is 3. The minimum Gasteiger partial charge on any atom is -0.478 e. The largest absolute Gasteiger partial charge is 0.478 e. The number of carbonyl (C=O) groups excluding carboxylic acids is 11. The van der Waals surface area contributed by atoms with Gasteiger partial charge in [0.05, 0.1) is 23.8 Å². The van der Waals surface area contributed by atoms with Crippen molar-refractivity contribution in [3.63, 3.8) is 0 Å². The molecule has 7 rings (SSSR count). The van der Waals surface area contributed by atoms with E-state index >= 15 is 0 Å². The molecule has 0 atom stereocenters. The number of carboxylic acid groups (broad SMARTS) is 3. The van der Waals surface area contributed by atoms with Crippen molar-refractivity contribution in [3.8, 4) is 0 Å². The summed E-state index contributed by atoms with van der Waals surface area (Å²) in [7, 11) is 2.94. The first kappa shape index (κ1) is 81.1. The van der Waals surface area contributed by atoms with Gasteiger partial charge in [-0.2, -0.15) is 0 Å². The maximum atomic E-state index is 11.8. The second-order valence-corrected chi connectivity index (χ2v) is 22.1. The molecule has 0 unspecified atom stereocenters. The maximum absolute atomic E-state index is 11.8. The summed E-state index contributed by atoms with van der Waals surface area (Å²) in [4.78, 5) is 159. The van der Waals surface area contributed by atoms with E-state index < -0.39 is 17.9 Å². The van der Waals surface area contributed by atoms with Gasteiger partial charge in [-0.15, -0.1) is 0 Å². The highest BCUT2D eigenvalue weighted by atomic mass is 16.7. The van der Waals surface area contributed by atoms with E-state index in [0.717, 1.165) is 44.0 Å². The number of amides is 1. The summed E-state index contributed by atoms with van der Waals surface area (Å²) >= 11 is 0.